The monoisotopic (exact) mass is 557 g/mol. The van der Waals surface area contributed by atoms with E-state index in [2.05, 4.69) is 5.32 Å². The molecule has 10 heteroatoms. The van der Waals surface area contributed by atoms with Crippen LogP contribution in [0, 0.1) is 0 Å². The van der Waals surface area contributed by atoms with E-state index in [1.807, 2.05) is 6.92 Å². The average molecular weight is 558 g/mol. The zero-order chi connectivity index (χ0) is 27.7. The lowest BCUT2D eigenvalue weighted by atomic mass is 10.1. The second kappa shape index (κ2) is 13.3. The third-order valence-electron chi connectivity index (χ3n) is 5.97. The Hall–Kier alpha value is -3.56. The maximum atomic E-state index is 13.9. The predicted molar refractivity (Wildman–Crippen MR) is 149 cm³/mol. The van der Waals surface area contributed by atoms with Gasteiger partial charge >= 0.3 is 0 Å². The van der Waals surface area contributed by atoms with Crippen LogP contribution in [0.15, 0.2) is 83.8 Å². The van der Waals surface area contributed by atoms with Gasteiger partial charge in [-0.2, -0.15) is 0 Å². The number of hydrogen-bond donors (Lipinski definition) is 1. The van der Waals surface area contributed by atoms with Gasteiger partial charge in [0.05, 0.1) is 17.7 Å². The van der Waals surface area contributed by atoms with Crippen molar-refractivity contribution in [2.24, 2.45) is 0 Å². The third kappa shape index (κ3) is 7.05. The fourth-order valence-electron chi connectivity index (χ4n) is 3.80. The smallest absolute Gasteiger partial charge is 0.264 e. The summed E-state index contributed by atoms with van der Waals surface area (Å²) in [5.41, 5.74) is 0.888. The van der Waals surface area contributed by atoms with Crippen molar-refractivity contribution in [1.82, 2.24) is 10.2 Å². The molecule has 8 nitrogen and oxygen atoms in total. The topological polar surface area (TPSA) is 96.0 Å². The Morgan fingerprint density at radius 2 is 1.68 bits per heavy atom. The number of halogens is 1. The number of rotatable bonds is 12. The molecule has 1 N–H and O–H groups in total. The van der Waals surface area contributed by atoms with Gasteiger partial charge in [-0.3, -0.25) is 13.9 Å². The largest absolute Gasteiger partial charge is 0.497 e. The molecule has 3 aromatic carbocycles. The van der Waals surface area contributed by atoms with Gasteiger partial charge in [-0.15, -0.1) is 0 Å². The molecule has 1 atom stereocenters. The lowest BCUT2D eigenvalue weighted by molar-refractivity contribution is -0.139. The molecule has 0 bridgehead atoms. The van der Waals surface area contributed by atoms with Crippen LogP contribution in [0.3, 0.4) is 0 Å². The molecule has 0 aliphatic rings. The molecular weight excluding hydrogens is 526 g/mol. The fourth-order valence-corrected chi connectivity index (χ4v) is 5.43. The van der Waals surface area contributed by atoms with E-state index >= 15 is 0 Å². The van der Waals surface area contributed by atoms with E-state index in [-0.39, 0.29) is 23.0 Å². The number of nitrogens with one attached hydrogen (secondary N) is 1. The summed E-state index contributed by atoms with van der Waals surface area (Å²) in [6.45, 7) is 3.48. The number of carbonyl (C=O) groups excluding carboxylic acids is 2. The molecule has 0 aliphatic heterocycles. The molecule has 0 saturated heterocycles. The number of amides is 2. The van der Waals surface area contributed by atoms with E-state index in [0.29, 0.717) is 22.9 Å². The average Bonchev–Trinajstić information content (AvgIpc) is 2.94. The van der Waals surface area contributed by atoms with Crippen molar-refractivity contribution in [3.05, 3.63) is 89.4 Å². The van der Waals surface area contributed by atoms with Crippen LogP contribution in [-0.2, 0) is 26.2 Å². The molecule has 0 aliphatic carbocycles. The van der Waals surface area contributed by atoms with Crippen molar-refractivity contribution in [3.63, 3.8) is 0 Å². The highest BCUT2D eigenvalue weighted by molar-refractivity contribution is 7.92. The summed E-state index contributed by atoms with van der Waals surface area (Å²) < 4.78 is 33.8. The number of anilines is 1. The van der Waals surface area contributed by atoms with Gasteiger partial charge in [0.15, 0.2) is 0 Å². The van der Waals surface area contributed by atoms with Gasteiger partial charge in [0.2, 0.25) is 11.8 Å². The minimum Gasteiger partial charge on any atom is -0.497 e. The fraction of sp³-hybridized carbons (Fsp3) is 0.286. The summed E-state index contributed by atoms with van der Waals surface area (Å²) in [7, 11) is -2.67. The minimum atomic E-state index is -4.15. The summed E-state index contributed by atoms with van der Waals surface area (Å²) in [5.74, 6) is -0.471. The van der Waals surface area contributed by atoms with E-state index in [9.17, 15) is 18.0 Å². The molecule has 202 valence electrons. The van der Waals surface area contributed by atoms with Crippen molar-refractivity contribution in [2.75, 3.05) is 24.5 Å². The number of sulfonamides is 1. The van der Waals surface area contributed by atoms with Crippen LogP contribution in [0.5, 0.6) is 5.75 Å². The molecule has 3 aromatic rings. The zero-order valence-electron chi connectivity index (χ0n) is 21.6. The normalized spacial score (nSPS) is 11.9. The number of benzene rings is 3. The van der Waals surface area contributed by atoms with Gasteiger partial charge in [-0.05, 0) is 49.2 Å². The lowest BCUT2D eigenvalue weighted by Crippen LogP contribution is -2.51. The third-order valence-corrected chi connectivity index (χ3v) is 8.12. The first-order valence-corrected chi connectivity index (χ1v) is 14.0. The first-order valence-electron chi connectivity index (χ1n) is 12.2. The predicted octanol–water partition coefficient (Wildman–Crippen LogP) is 4.49. The molecule has 2 amide bonds. The highest BCUT2D eigenvalue weighted by Crippen LogP contribution is 2.28. The van der Waals surface area contributed by atoms with Gasteiger partial charge in [-0.1, -0.05) is 61.0 Å². The van der Waals surface area contributed by atoms with E-state index in [4.69, 9.17) is 16.3 Å². The van der Waals surface area contributed by atoms with Crippen LogP contribution in [0.2, 0.25) is 5.02 Å². The Labute approximate surface area is 229 Å². The van der Waals surface area contributed by atoms with Gasteiger partial charge in [0.1, 0.15) is 18.3 Å². The quantitative estimate of drug-likeness (QED) is 0.354. The van der Waals surface area contributed by atoms with Crippen LogP contribution in [0.25, 0.3) is 0 Å². The Morgan fingerprint density at radius 1 is 1.00 bits per heavy atom. The van der Waals surface area contributed by atoms with Crippen molar-refractivity contribution in [3.8, 4) is 5.75 Å². The molecule has 38 heavy (non-hydrogen) atoms. The van der Waals surface area contributed by atoms with Crippen molar-refractivity contribution < 1.29 is 22.7 Å². The van der Waals surface area contributed by atoms with E-state index in [0.717, 1.165) is 10.7 Å². The van der Waals surface area contributed by atoms with Crippen molar-refractivity contribution in [1.29, 1.82) is 0 Å². The van der Waals surface area contributed by atoms with Crippen LogP contribution in [0.1, 0.15) is 25.8 Å². The summed E-state index contributed by atoms with van der Waals surface area (Å²) in [6, 6.07) is 20.5. The van der Waals surface area contributed by atoms with Gasteiger partial charge in [0.25, 0.3) is 10.0 Å². The van der Waals surface area contributed by atoms with E-state index in [1.165, 1.54) is 24.1 Å². The number of nitrogens with zero attached hydrogens (tertiary/aromatic N) is 2. The Kier molecular flexibility index (Phi) is 10.2. The maximum Gasteiger partial charge on any atom is 0.264 e. The number of hydrogen-bond acceptors (Lipinski definition) is 5. The molecule has 0 radical (unpaired) electrons. The molecule has 0 heterocycles. The molecule has 0 fully saturated rings. The van der Waals surface area contributed by atoms with Crippen LogP contribution in [-0.4, -0.2) is 51.4 Å². The highest BCUT2D eigenvalue weighted by atomic mass is 35.5. The molecule has 0 aromatic heterocycles. The van der Waals surface area contributed by atoms with Gasteiger partial charge < -0.3 is 15.0 Å². The second-order valence-corrected chi connectivity index (χ2v) is 10.9. The lowest BCUT2D eigenvalue weighted by Gasteiger charge is -2.32. The maximum absolute atomic E-state index is 13.9. The number of methoxy groups -OCH3 is 1. The molecule has 0 unspecified atom stereocenters. The number of ether oxygens (including phenoxy) is 1. The van der Waals surface area contributed by atoms with Gasteiger partial charge in [0, 0.05) is 24.2 Å². The SMILES string of the molecule is CCCNC(=O)[C@@H](C)N(Cc1ccccc1Cl)C(=O)CN(c1cccc(OC)c1)S(=O)(=O)c1ccccc1. The summed E-state index contributed by atoms with van der Waals surface area (Å²) in [6.07, 6.45) is 0.732. The zero-order valence-corrected chi connectivity index (χ0v) is 23.2. The minimum absolute atomic E-state index is 0.0244. The summed E-state index contributed by atoms with van der Waals surface area (Å²) in [5, 5.41) is 3.25. The van der Waals surface area contributed by atoms with Crippen LogP contribution in [0.4, 0.5) is 5.69 Å². The molecule has 0 saturated carbocycles. The molecule has 3 rings (SSSR count). The Bertz CT molecular complexity index is 1350. The van der Waals surface area contributed by atoms with Crippen LogP contribution >= 0.6 is 11.6 Å². The second-order valence-electron chi connectivity index (χ2n) is 8.61. The van der Waals surface area contributed by atoms with Crippen molar-refractivity contribution in [2.45, 2.75) is 37.8 Å². The first-order chi connectivity index (χ1) is 18.2. The highest BCUT2D eigenvalue weighted by Gasteiger charge is 2.32. The standard InChI is InChI=1S/C28H32ClN3O5S/c1-4-17-30-28(34)21(2)31(19-22-11-8-9-16-26(22)29)27(33)20-32(23-12-10-13-24(18-23)37-3)38(35,36)25-14-6-5-7-15-25/h5-16,18,21H,4,17,19-20H2,1-3H3,(H,30,34)/t21-/m1/s1. The number of carbonyl (C=O) groups is 2. The Balaban J connectivity index is 2.03. The summed E-state index contributed by atoms with van der Waals surface area (Å²) in [4.78, 5) is 28.1. The van der Waals surface area contributed by atoms with Crippen LogP contribution < -0.4 is 14.4 Å². The van der Waals surface area contributed by atoms with E-state index < -0.39 is 28.5 Å². The molecule has 0 spiro atoms. The first kappa shape index (κ1) is 29.0. The van der Waals surface area contributed by atoms with Gasteiger partial charge in [-0.25, -0.2) is 8.42 Å². The molecular formula is C28H32ClN3O5S. The van der Waals surface area contributed by atoms with Crippen molar-refractivity contribution >= 4 is 39.1 Å². The van der Waals surface area contributed by atoms with E-state index in [1.54, 1.807) is 73.7 Å². The Morgan fingerprint density at radius 3 is 2.34 bits per heavy atom. The summed E-state index contributed by atoms with van der Waals surface area (Å²) >= 11 is 6.37.